The standard InChI is InChI=1S/C19H25N3O2S/c1-14-6-2-3-7-15(14)13-25-19-20-10-17(12-23)22(19)11-18(24)21-16-8-4-5-9-16/h2-3,6-7,10,16,23H,4-5,8-9,11-13H2,1H3,(H,21,24). The molecule has 1 aromatic heterocycles. The van der Waals surface area contributed by atoms with Gasteiger partial charge in [0.15, 0.2) is 5.16 Å². The van der Waals surface area contributed by atoms with E-state index in [1.54, 1.807) is 18.0 Å². The van der Waals surface area contributed by atoms with Crippen LogP contribution in [0.1, 0.15) is 42.5 Å². The molecule has 1 fully saturated rings. The molecule has 0 spiro atoms. The maximum Gasteiger partial charge on any atom is 0.240 e. The van der Waals surface area contributed by atoms with Gasteiger partial charge in [-0.15, -0.1) is 0 Å². The fourth-order valence-corrected chi connectivity index (χ4v) is 4.28. The molecule has 6 heteroatoms. The van der Waals surface area contributed by atoms with Crippen molar-refractivity contribution in [2.45, 2.75) is 62.7 Å². The second kappa shape index (κ2) is 8.54. The Kier molecular flexibility index (Phi) is 6.15. The van der Waals surface area contributed by atoms with Gasteiger partial charge in [-0.25, -0.2) is 4.98 Å². The van der Waals surface area contributed by atoms with Crippen LogP contribution < -0.4 is 5.32 Å². The third-order valence-electron chi connectivity index (χ3n) is 4.70. The van der Waals surface area contributed by atoms with Gasteiger partial charge in [0.05, 0.1) is 18.5 Å². The number of rotatable bonds is 7. The maximum absolute atomic E-state index is 12.4. The van der Waals surface area contributed by atoms with Gasteiger partial charge in [-0.05, 0) is 30.9 Å². The third-order valence-corrected chi connectivity index (χ3v) is 5.74. The molecule has 0 bridgehead atoms. The first kappa shape index (κ1) is 18.0. The highest BCUT2D eigenvalue weighted by molar-refractivity contribution is 7.98. The van der Waals surface area contributed by atoms with Gasteiger partial charge in [-0.3, -0.25) is 4.79 Å². The Morgan fingerprint density at radius 2 is 2.12 bits per heavy atom. The molecule has 1 saturated carbocycles. The Morgan fingerprint density at radius 1 is 1.36 bits per heavy atom. The fourth-order valence-electron chi connectivity index (χ4n) is 3.20. The average molecular weight is 359 g/mol. The number of aromatic nitrogens is 2. The Labute approximate surface area is 152 Å². The molecular formula is C19H25N3O2S. The molecule has 2 aromatic rings. The van der Waals surface area contributed by atoms with Gasteiger partial charge in [-0.2, -0.15) is 0 Å². The zero-order chi connectivity index (χ0) is 17.6. The number of benzene rings is 1. The van der Waals surface area contributed by atoms with E-state index in [9.17, 15) is 9.90 Å². The number of nitrogens with one attached hydrogen (secondary N) is 1. The van der Waals surface area contributed by atoms with E-state index in [0.29, 0.717) is 11.7 Å². The van der Waals surface area contributed by atoms with Crippen molar-refractivity contribution in [2.75, 3.05) is 0 Å². The molecular weight excluding hydrogens is 334 g/mol. The van der Waals surface area contributed by atoms with Crippen LogP contribution in [-0.4, -0.2) is 26.6 Å². The lowest BCUT2D eigenvalue weighted by atomic mass is 10.1. The Morgan fingerprint density at radius 3 is 2.84 bits per heavy atom. The second-order valence-electron chi connectivity index (χ2n) is 6.54. The van der Waals surface area contributed by atoms with Crippen LogP contribution in [0.5, 0.6) is 0 Å². The minimum Gasteiger partial charge on any atom is -0.390 e. The highest BCUT2D eigenvalue weighted by atomic mass is 32.2. The predicted octanol–water partition coefficient (Wildman–Crippen LogP) is 3.03. The second-order valence-corrected chi connectivity index (χ2v) is 7.48. The summed E-state index contributed by atoms with van der Waals surface area (Å²) in [6.07, 6.45) is 6.17. The Bertz CT molecular complexity index is 723. The molecule has 1 aliphatic carbocycles. The lowest BCUT2D eigenvalue weighted by molar-refractivity contribution is -0.122. The molecule has 5 nitrogen and oxygen atoms in total. The van der Waals surface area contributed by atoms with Crippen molar-refractivity contribution in [3.8, 4) is 0 Å². The maximum atomic E-state index is 12.4. The van der Waals surface area contributed by atoms with Crippen LogP contribution in [0.25, 0.3) is 0 Å². The van der Waals surface area contributed by atoms with Crippen LogP contribution >= 0.6 is 11.8 Å². The van der Waals surface area contributed by atoms with Crippen molar-refractivity contribution < 1.29 is 9.90 Å². The van der Waals surface area contributed by atoms with E-state index in [-0.39, 0.29) is 19.1 Å². The molecule has 0 unspecified atom stereocenters. The molecule has 2 N–H and O–H groups in total. The summed E-state index contributed by atoms with van der Waals surface area (Å²) < 4.78 is 1.83. The Hall–Kier alpha value is -1.79. The monoisotopic (exact) mass is 359 g/mol. The van der Waals surface area contributed by atoms with Gasteiger partial charge in [0, 0.05) is 11.8 Å². The van der Waals surface area contributed by atoms with Crippen molar-refractivity contribution in [3.05, 3.63) is 47.3 Å². The SMILES string of the molecule is Cc1ccccc1CSc1ncc(CO)n1CC(=O)NC1CCCC1. The van der Waals surface area contributed by atoms with Crippen molar-refractivity contribution in [1.82, 2.24) is 14.9 Å². The number of hydrogen-bond donors (Lipinski definition) is 2. The summed E-state index contributed by atoms with van der Waals surface area (Å²) in [5, 5.41) is 13.4. The van der Waals surface area contributed by atoms with Crippen LogP contribution in [0.2, 0.25) is 0 Å². The number of aliphatic hydroxyl groups excluding tert-OH is 1. The molecule has 0 radical (unpaired) electrons. The van der Waals surface area contributed by atoms with E-state index in [0.717, 1.165) is 23.8 Å². The number of aryl methyl sites for hydroxylation is 1. The summed E-state index contributed by atoms with van der Waals surface area (Å²) in [7, 11) is 0. The molecule has 1 aromatic carbocycles. The smallest absolute Gasteiger partial charge is 0.240 e. The summed E-state index contributed by atoms with van der Waals surface area (Å²) in [4.78, 5) is 16.8. The number of carbonyl (C=O) groups excluding carboxylic acids is 1. The third kappa shape index (κ3) is 4.64. The van der Waals surface area contributed by atoms with E-state index in [4.69, 9.17) is 0 Å². The molecule has 25 heavy (non-hydrogen) atoms. The van der Waals surface area contributed by atoms with E-state index < -0.39 is 0 Å². The highest BCUT2D eigenvalue weighted by Gasteiger charge is 2.19. The quantitative estimate of drug-likeness (QED) is 0.746. The minimum absolute atomic E-state index is 0.00246. The summed E-state index contributed by atoms with van der Waals surface area (Å²) >= 11 is 1.60. The van der Waals surface area contributed by atoms with E-state index >= 15 is 0 Å². The number of imidazole rings is 1. The first-order valence-electron chi connectivity index (χ1n) is 8.79. The number of carbonyl (C=O) groups is 1. The highest BCUT2D eigenvalue weighted by Crippen LogP contribution is 2.25. The van der Waals surface area contributed by atoms with Crippen LogP contribution in [0, 0.1) is 6.92 Å². The molecule has 134 valence electrons. The number of thioether (sulfide) groups is 1. The molecule has 1 aliphatic rings. The van der Waals surface area contributed by atoms with Crippen LogP contribution in [0.4, 0.5) is 0 Å². The molecule has 3 rings (SSSR count). The van der Waals surface area contributed by atoms with Gasteiger partial charge in [0.25, 0.3) is 0 Å². The van der Waals surface area contributed by atoms with Crippen LogP contribution in [0.3, 0.4) is 0 Å². The number of amides is 1. The van der Waals surface area contributed by atoms with Gasteiger partial charge >= 0.3 is 0 Å². The average Bonchev–Trinajstić information content (AvgIpc) is 3.24. The largest absolute Gasteiger partial charge is 0.390 e. The number of aliphatic hydroxyl groups is 1. The molecule has 0 atom stereocenters. The molecule has 0 aliphatic heterocycles. The van der Waals surface area contributed by atoms with E-state index in [1.807, 2.05) is 16.7 Å². The van der Waals surface area contributed by atoms with Crippen molar-refractivity contribution in [2.24, 2.45) is 0 Å². The number of hydrogen-bond acceptors (Lipinski definition) is 4. The van der Waals surface area contributed by atoms with Gasteiger partial charge < -0.3 is 15.0 Å². The normalized spacial score (nSPS) is 14.8. The summed E-state index contributed by atoms with van der Waals surface area (Å²) in [5.74, 6) is 0.788. The molecule has 1 amide bonds. The van der Waals surface area contributed by atoms with Gasteiger partial charge in [0.1, 0.15) is 6.54 Å². The minimum atomic E-state index is -0.116. The van der Waals surface area contributed by atoms with E-state index in [1.165, 1.54) is 24.0 Å². The summed E-state index contributed by atoms with van der Waals surface area (Å²) in [6, 6.07) is 8.56. The van der Waals surface area contributed by atoms with E-state index in [2.05, 4.69) is 29.4 Å². The van der Waals surface area contributed by atoms with Crippen molar-refractivity contribution in [3.63, 3.8) is 0 Å². The fraction of sp³-hybridized carbons (Fsp3) is 0.474. The Balaban J connectivity index is 1.66. The topological polar surface area (TPSA) is 67.2 Å². The first-order chi connectivity index (χ1) is 12.2. The zero-order valence-electron chi connectivity index (χ0n) is 14.6. The van der Waals surface area contributed by atoms with Crippen molar-refractivity contribution in [1.29, 1.82) is 0 Å². The first-order valence-corrected chi connectivity index (χ1v) is 9.78. The lowest BCUT2D eigenvalue weighted by Crippen LogP contribution is -2.35. The van der Waals surface area contributed by atoms with Crippen LogP contribution in [0.15, 0.2) is 35.6 Å². The summed E-state index contributed by atoms with van der Waals surface area (Å²) in [6.45, 7) is 2.19. The molecule has 0 saturated heterocycles. The summed E-state index contributed by atoms with van der Waals surface area (Å²) in [5.41, 5.74) is 3.17. The molecule has 1 heterocycles. The van der Waals surface area contributed by atoms with Gasteiger partial charge in [0.2, 0.25) is 5.91 Å². The van der Waals surface area contributed by atoms with Gasteiger partial charge in [-0.1, -0.05) is 48.9 Å². The lowest BCUT2D eigenvalue weighted by Gasteiger charge is -2.15. The van der Waals surface area contributed by atoms with Crippen molar-refractivity contribution >= 4 is 17.7 Å². The predicted molar refractivity (Wildman–Crippen MR) is 99.3 cm³/mol. The zero-order valence-corrected chi connectivity index (χ0v) is 15.4. The van der Waals surface area contributed by atoms with Crippen LogP contribution in [-0.2, 0) is 23.7 Å². The number of nitrogens with zero attached hydrogens (tertiary/aromatic N) is 2.